The van der Waals surface area contributed by atoms with Gasteiger partial charge in [-0.2, -0.15) is 13.2 Å². The van der Waals surface area contributed by atoms with Crippen LogP contribution in [0.25, 0.3) is 11.1 Å². The molecule has 1 aromatic carbocycles. The molecule has 1 aromatic heterocycles. The molecule has 0 saturated carbocycles. The molecule has 0 spiro atoms. The summed E-state index contributed by atoms with van der Waals surface area (Å²) < 4.78 is 45.6. The molecule has 1 N–H and O–H groups in total. The second-order valence-electron chi connectivity index (χ2n) is 4.71. The molecule has 0 saturated heterocycles. The van der Waals surface area contributed by atoms with Gasteiger partial charge in [0.1, 0.15) is 16.6 Å². The number of nitrogens with zero attached hydrogens (tertiary/aromatic N) is 1. The highest BCUT2D eigenvalue weighted by atomic mass is 79.9. The van der Waals surface area contributed by atoms with Crippen molar-refractivity contribution in [2.75, 3.05) is 6.61 Å². The van der Waals surface area contributed by atoms with Crippen molar-refractivity contribution in [3.63, 3.8) is 0 Å². The average Bonchev–Trinajstić information content (AvgIpc) is 2.68. The van der Waals surface area contributed by atoms with E-state index in [0.29, 0.717) is 4.47 Å². The van der Waals surface area contributed by atoms with Gasteiger partial charge in [-0.1, -0.05) is 29.3 Å². The zero-order chi connectivity index (χ0) is 18.2. The summed E-state index contributed by atoms with van der Waals surface area (Å²) in [6.07, 6.45) is -4.67. The smallest absolute Gasteiger partial charge is 0.432 e. The molecule has 2 rings (SSSR count). The lowest BCUT2D eigenvalue weighted by Gasteiger charge is -2.09. The minimum atomic E-state index is -4.67. The number of hydrogen-bond acceptors (Lipinski definition) is 2. The van der Waals surface area contributed by atoms with Gasteiger partial charge < -0.3 is 14.4 Å². The summed E-state index contributed by atoms with van der Waals surface area (Å²) in [6, 6.07) is 4.35. The number of hydrogen-bond donors (Lipinski definition) is 1. The molecule has 0 aliphatic rings. The molecule has 0 bridgehead atoms. The first-order valence-electron chi connectivity index (χ1n) is 6.29. The van der Waals surface area contributed by atoms with E-state index in [0.717, 1.165) is 11.6 Å². The van der Waals surface area contributed by atoms with Crippen molar-refractivity contribution in [2.45, 2.75) is 6.18 Å². The van der Waals surface area contributed by atoms with Gasteiger partial charge in [0.2, 0.25) is 0 Å². The maximum Gasteiger partial charge on any atom is 0.432 e. The number of halogens is 6. The van der Waals surface area contributed by atoms with E-state index in [2.05, 4.69) is 15.9 Å². The Balaban J connectivity index is 2.57. The Hall–Kier alpha value is -1.38. The number of alkyl halides is 3. The lowest BCUT2D eigenvalue weighted by Crippen LogP contribution is -2.11. The minimum absolute atomic E-state index is 0.0131. The monoisotopic (exact) mass is 445 g/mol. The molecule has 4 nitrogen and oxygen atoms in total. The van der Waals surface area contributed by atoms with Crippen LogP contribution in [0.4, 0.5) is 13.2 Å². The summed E-state index contributed by atoms with van der Waals surface area (Å²) in [5, 5.41) is 7.92. The molecule has 0 fully saturated rings. The van der Waals surface area contributed by atoms with Gasteiger partial charge in [-0.15, -0.1) is 0 Å². The normalized spacial score (nSPS) is 11.6. The number of ether oxygens (including phenoxy) is 1. The molecule has 0 atom stereocenters. The largest absolute Gasteiger partial charge is 0.481 e. The predicted molar refractivity (Wildman–Crippen MR) is 86.7 cm³/mol. The molecule has 24 heavy (non-hydrogen) atoms. The third-order valence-electron chi connectivity index (χ3n) is 3.10. The van der Waals surface area contributed by atoms with E-state index < -0.39 is 29.5 Å². The summed E-state index contributed by atoms with van der Waals surface area (Å²) in [6.45, 7) is -0.605. The van der Waals surface area contributed by atoms with Crippen LogP contribution in [0.1, 0.15) is 5.69 Å². The van der Waals surface area contributed by atoms with Gasteiger partial charge in [-0.05, 0) is 33.6 Å². The molecule has 0 unspecified atom stereocenters. The third kappa shape index (κ3) is 3.65. The predicted octanol–water partition coefficient (Wildman–Crippen LogP) is 5.24. The summed E-state index contributed by atoms with van der Waals surface area (Å²) in [4.78, 5) is 10.6. The summed E-state index contributed by atoms with van der Waals surface area (Å²) in [5.74, 6) is -1.05. The Morgan fingerprint density at radius 1 is 1.38 bits per heavy atom. The Kier molecular flexibility index (Phi) is 5.41. The number of rotatable bonds is 4. The number of aliphatic carboxylic acids is 1. The Morgan fingerprint density at radius 3 is 2.50 bits per heavy atom. The highest BCUT2D eigenvalue weighted by Gasteiger charge is 2.39. The van der Waals surface area contributed by atoms with Crippen LogP contribution in [-0.4, -0.2) is 22.2 Å². The fraction of sp³-hybridized carbons (Fsp3) is 0.214. The SMILES string of the molecule is Cn1c(Cl)c(-c2ccc(Br)c(OCC(=O)O)c2)c(Cl)c1C(F)(F)F. The van der Waals surface area contributed by atoms with Crippen molar-refractivity contribution in [2.24, 2.45) is 7.05 Å². The van der Waals surface area contributed by atoms with E-state index in [4.69, 9.17) is 33.0 Å². The average molecular weight is 447 g/mol. The first-order valence-corrected chi connectivity index (χ1v) is 7.84. The Morgan fingerprint density at radius 2 is 2.00 bits per heavy atom. The molecule has 10 heteroatoms. The molecule has 2 aromatic rings. The molecule has 0 aliphatic heterocycles. The van der Waals surface area contributed by atoms with Crippen LogP contribution < -0.4 is 4.74 Å². The zero-order valence-electron chi connectivity index (χ0n) is 11.9. The molecule has 1 heterocycles. The van der Waals surface area contributed by atoms with Crippen molar-refractivity contribution in [1.82, 2.24) is 4.57 Å². The maximum absolute atomic E-state index is 13.1. The number of aromatic nitrogens is 1. The fourth-order valence-electron chi connectivity index (χ4n) is 2.09. The maximum atomic E-state index is 13.1. The van der Waals surface area contributed by atoms with Gasteiger partial charge in [-0.3, -0.25) is 0 Å². The van der Waals surface area contributed by atoms with Gasteiger partial charge in [-0.25, -0.2) is 4.79 Å². The zero-order valence-corrected chi connectivity index (χ0v) is 15.0. The lowest BCUT2D eigenvalue weighted by atomic mass is 10.1. The Labute approximate surface area is 152 Å². The van der Waals surface area contributed by atoms with Gasteiger partial charge in [0.25, 0.3) is 0 Å². The first-order chi connectivity index (χ1) is 11.0. The third-order valence-corrected chi connectivity index (χ3v) is 4.57. The van der Waals surface area contributed by atoms with E-state index in [1.807, 2.05) is 0 Å². The summed E-state index contributed by atoms with van der Waals surface area (Å²) in [5.41, 5.74) is -0.819. The standard InChI is InChI=1S/C14H9BrCl2F3NO3/c1-21-12(14(18,19)20)11(16)10(13(21)17)6-2-3-7(15)8(4-6)24-5-9(22)23/h2-4H,5H2,1H3,(H,22,23). The van der Waals surface area contributed by atoms with Crippen LogP contribution in [0.2, 0.25) is 10.2 Å². The molecule has 130 valence electrons. The van der Waals surface area contributed by atoms with E-state index >= 15 is 0 Å². The van der Waals surface area contributed by atoms with Gasteiger partial charge >= 0.3 is 12.1 Å². The highest BCUT2D eigenvalue weighted by Crippen LogP contribution is 2.46. The van der Waals surface area contributed by atoms with Crippen LogP contribution in [0.15, 0.2) is 22.7 Å². The van der Waals surface area contributed by atoms with Crippen LogP contribution in [0, 0.1) is 0 Å². The second kappa shape index (κ2) is 6.85. The molecular formula is C14H9BrCl2F3NO3. The minimum Gasteiger partial charge on any atom is -0.481 e. The number of carboxylic acid groups (broad SMARTS) is 1. The summed E-state index contributed by atoms with van der Waals surface area (Å²) in [7, 11) is 1.15. The van der Waals surface area contributed by atoms with Crippen LogP contribution in [0.5, 0.6) is 5.75 Å². The molecule has 0 radical (unpaired) electrons. The fourth-order valence-corrected chi connectivity index (χ4v) is 3.22. The number of carbonyl (C=O) groups is 1. The van der Waals surface area contributed by atoms with E-state index in [9.17, 15) is 18.0 Å². The summed E-state index contributed by atoms with van der Waals surface area (Å²) >= 11 is 15.1. The van der Waals surface area contributed by atoms with Crippen molar-refractivity contribution in [1.29, 1.82) is 0 Å². The number of carboxylic acids is 1. The lowest BCUT2D eigenvalue weighted by molar-refractivity contribution is -0.143. The van der Waals surface area contributed by atoms with Gasteiger partial charge in [0.15, 0.2) is 6.61 Å². The Bertz CT molecular complexity index is 806. The van der Waals surface area contributed by atoms with E-state index in [1.54, 1.807) is 0 Å². The topological polar surface area (TPSA) is 51.5 Å². The van der Waals surface area contributed by atoms with Crippen molar-refractivity contribution < 1.29 is 27.8 Å². The first kappa shape index (κ1) is 19.0. The van der Waals surface area contributed by atoms with Crippen molar-refractivity contribution in [3.05, 3.63) is 38.5 Å². The van der Waals surface area contributed by atoms with Crippen LogP contribution >= 0.6 is 39.1 Å². The van der Waals surface area contributed by atoms with Crippen LogP contribution in [-0.2, 0) is 18.0 Å². The van der Waals surface area contributed by atoms with Crippen molar-refractivity contribution >= 4 is 45.1 Å². The molecule has 0 amide bonds. The van der Waals surface area contributed by atoms with Crippen molar-refractivity contribution in [3.8, 4) is 16.9 Å². The quantitative estimate of drug-likeness (QED) is 0.698. The van der Waals surface area contributed by atoms with Gasteiger partial charge in [0, 0.05) is 12.6 Å². The van der Waals surface area contributed by atoms with Gasteiger partial charge in [0.05, 0.1) is 9.50 Å². The van der Waals surface area contributed by atoms with E-state index in [1.165, 1.54) is 18.2 Å². The highest BCUT2D eigenvalue weighted by molar-refractivity contribution is 9.10. The second-order valence-corrected chi connectivity index (χ2v) is 6.30. The molecular weight excluding hydrogens is 438 g/mol. The number of benzene rings is 1. The van der Waals surface area contributed by atoms with Crippen LogP contribution in [0.3, 0.4) is 0 Å². The van der Waals surface area contributed by atoms with E-state index in [-0.39, 0.29) is 22.0 Å². The molecule has 0 aliphatic carbocycles.